The van der Waals surface area contributed by atoms with E-state index in [2.05, 4.69) is 69.4 Å². The van der Waals surface area contributed by atoms with E-state index in [0.717, 1.165) is 77.0 Å². The van der Waals surface area contributed by atoms with Crippen molar-refractivity contribution < 1.29 is 28.6 Å². The number of carbonyl (C=O) groups excluding carboxylic acids is 3. The van der Waals surface area contributed by atoms with E-state index in [1.807, 2.05) is 0 Å². The highest BCUT2D eigenvalue weighted by molar-refractivity contribution is 5.71. The molecule has 0 radical (unpaired) electrons. The molecule has 0 rings (SSSR count). The van der Waals surface area contributed by atoms with Crippen LogP contribution in [0.4, 0.5) is 0 Å². The molecule has 57 heavy (non-hydrogen) atoms. The molecule has 0 spiro atoms. The van der Waals surface area contributed by atoms with E-state index in [9.17, 15) is 14.4 Å². The van der Waals surface area contributed by atoms with Crippen LogP contribution in [0, 0.1) is 0 Å². The number of hydrogen-bond acceptors (Lipinski definition) is 6. The molecule has 330 valence electrons. The van der Waals surface area contributed by atoms with E-state index in [1.54, 1.807) is 0 Å². The standard InChI is InChI=1S/C51H90O6/c1-4-7-10-13-16-19-21-23-25-26-28-29-32-35-38-41-44-50(53)56-47-48(46-55-49(52)43-40-37-34-31-18-15-12-9-6-3)57-51(54)45-42-39-36-33-30-27-24-22-20-17-14-11-8-5-2/h8,11,17,20,25-26,31,34,48H,4-7,9-10,12-16,18-19,21-24,27-30,32-33,35-47H2,1-3H3/b11-8-,20-17-,26-25-,34-31-. The lowest BCUT2D eigenvalue weighted by Gasteiger charge is -2.18. The average molecular weight is 799 g/mol. The van der Waals surface area contributed by atoms with Gasteiger partial charge in [0, 0.05) is 19.3 Å². The summed E-state index contributed by atoms with van der Waals surface area (Å²) < 4.78 is 16.7. The molecule has 0 N–H and O–H groups in total. The highest BCUT2D eigenvalue weighted by Crippen LogP contribution is 2.14. The Morgan fingerprint density at radius 2 is 0.702 bits per heavy atom. The van der Waals surface area contributed by atoms with Gasteiger partial charge < -0.3 is 14.2 Å². The molecule has 0 aliphatic rings. The molecule has 6 nitrogen and oxygen atoms in total. The maximum Gasteiger partial charge on any atom is 0.306 e. The van der Waals surface area contributed by atoms with Gasteiger partial charge in [0.2, 0.25) is 0 Å². The molecule has 1 atom stereocenters. The predicted molar refractivity (Wildman–Crippen MR) is 242 cm³/mol. The number of unbranched alkanes of at least 4 members (excludes halogenated alkanes) is 24. The first kappa shape index (κ1) is 54.4. The van der Waals surface area contributed by atoms with Crippen LogP contribution in [0.1, 0.15) is 239 Å². The molecule has 0 amide bonds. The normalized spacial score (nSPS) is 12.4. The van der Waals surface area contributed by atoms with Gasteiger partial charge in [-0.1, -0.05) is 179 Å². The topological polar surface area (TPSA) is 78.9 Å². The first-order valence-corrected chi connectivity index (χ1v) is 24.1. The Kier molecular flexibility index (Phi) is 43.9. The summed E-state index contributed by atoms with van der Waals surface area (Å²) in [6.45, 7) is 6.46. The van der Waals surface area contributed by atoms with Crippen LogP contribution in [0.3, 0.4) is 0 Å². The molecule has 1 unspecified atom stereocenters. The minimum atomic E-state index is -0.788. The second kappa shape index (κ2) is 46.1. The van der Waals surface area contributed by atoms with Gasteiger partial charge in [-0.15, -0.1) is 0 Å². The number of ether oxygens (including phenoxy) is 3. The van der Waals surface area contributed by atoms with Gasteiger partial charge in [-0.25, -0.2) is 0 Å². The van der Waals surface area contributed by atoms with Crippen molar-refractivity contribution in [3.63, 3.8) is 0 Å². The van der Waals surface area contributed by atoms with E-state index in [1.165, 1.54) is 116 Å². The van der Waals surface area contributed by atoms with Crippen LogP contribution in [-0.4, -0.2) is 37.2 Å². The summed E-state index contributed by atoms with van der Waals surface area (Å²) in [6, 6.07) is 0. The third kappa shape index (κ3) is 44.3. The molecule has 0 heterocycles. The lowest BCUT2D eigenvalue weighted by molar-refractivity contribution is -0.167. The lowest BCUT2D eigenvalue weighted by Crippen LogP contribution is -2.30. The molecule has 0 aromatic carbocycles. The molecule has 0 aromatic heterocycles. The summed E-state index contributed by atoms with van der Waals surface area (Å²) in [5.41, 5.74) is 0. The van der Waals surface area contributed by atoms with E-state index >= 15 is 0 Å². The van der Waals surface area contributed by atoms with Crippen LogP contribution in [0.15, 0.2) is 48.6 Å². The number of rotatable bonds is 43. The van der Waals surface area contributed by atoms with Crippen molar-refractivity contribution in [3.8, 4) is 0 Å². The molecule has 0 saturated carbocycles. The van der Waals surface area contributed by atoms with Crippen molar-refractivity contribution >= 4 is 17.9 Å². The quantitative estimate of drug-likeness (QED) is 0.0265. The summed E-state index contributed by atoms with van der Waals surface area (Å²) >= 11 is 0. The Hall–Kier alpha value is -2.63. The number of carbonyl (C=O) groups is 3. The van der Waals surface area contributed by atoms with E-state index < -0.39 is 6.10 Å². The minimum Gasteiger partial charge on any atom is -0.462 e. The second-order valence-electron chi connectivity index (χ2n) is 16.0. The second-order valence-corrected chi connectivity index (χ2v) is 16.0. The summed E-state index contributed by atoms with van der Waals surface area (Å²) in [4.78, 5) is 37.7. The van der Waals surface area contributed by atoms with E-state index in [4.69, 9.17) is 14.2 Å². The summed E-state index contributed by atoms with van der Waals surface area (Å²) in [5.74, 6) is -0.941. The van der Waals surface area contributed by atoms with Gasteiger partial charge in [0.05, 0.1) is 0 Å². The Labute approximate surface area is 352 Å². The van der Waals surface area contributed by atoms with Gasteiger partial charge in [-0.2, -0.15) is 0 Å². The van der Waals surface area contributed by atoms with Crippen molar-refractivity contribution in [2.45, 2.75) is 245 Å². The molecular formula is C51H90O6. The highest BCUT2D eigenvalue weighted by Gasteiger charge is 2.19. The van der Waals surface area contributed by atoms with Crippen LogP contribution in [0.5, 0.6) is 0 Å². The van der Waals surface area contributed by atoms with Gasteiger partial charge in [-0.3, -0.25) is 14.4 Å². The largest absolute Gasteiger partial charge is 0.462 e. The molecule has 0 saturated heterocycles. The fourth-order valence-corrected chi connectivity index (χ4v) is 6.65. The average Bonchev–Trinajstić information content (AvgIpc) is 3.21. The zero-order chi connectivity index (χ0) is 41.5. The molecule has 0 fully saturated rings. The summed E-state index contributed by atoms with van der Waals surface area (Å²) in [6.07, 6.45) is 53.9. The van der Waals surface area contributed by atoms with E-state index in [0.29, 0.717) is 25.7 Å². The van der Waals surface area contributed by atoms with E-state index in [-0.39, 0.29) is 31.1 Å². The van der Waals surface area contributed by atoms with Crippen LogP contribution >= 0.6 is 0 Å². The SMILES string of the molecule is CC/C=C\C/C=C\CCCCCCCCCC(=O)OC(COC(=O)CCC/C=C\CCCCCC)COC(=O)CCCCCCC/C=C\CCCCCCCCC. The fourth-order valence-electron chi connectivity index (χ4n) is 6.65. The van der Waals surface area contributed by atoms with Crippen molar-refractivity contribution in [1.82, 2.24) is 0 Å². The third-order valence-corrected chi connectivity index (χ3v) is 10.3. The fraction of sp³-hybridized carbons (Fsp3) is 0.784. The Balaban J connectivity index is 4.37. The van der Waals surface area contributed by atoms with Gasteiger partial charge in [0.15, 0.2) is 6.10 Å². The van der Waals surface area contributed by atoms with Crippen molar-refractivity contribution in [3.05, 3.63) is 48.6 Å². The molecule has 0 aromatic rings. The Morgan fingerprint density at radius 1 is 0.368 bits per heavy atom. The first-order valence-electron chi connectivity index (χ1n) is 24.1. The maximum atomic E-state index is 12.7. The minimum absolute atomic E-state index is 0.0888. The molecular weight excluding hydrogens is 709 g/mol. The first-order chi connectivity index (χ1) is 28.0. The van der Waals surface area contributed by atoms with Crippen LogP contribution in [-0.2, 0) is 28.6 Å². The van der Waals surface area contributed by atoms with Crippen LogP contribution in [0.2, 0.25) is 0 Å². The van der Waals surface area contributed by atoms with Crippen molar-refractivity contribution in [2.75, 3.05) is 13.2 Å². The molecule has 0 bridgehead atoms. The number of esters is 3. The van der Waals surface area contributed by atoms with Gasteiger partial charge in [-0.05, 0) is 89.9 Å². The number of allylic oxidation sites excluding steroid dienone is 8. The van der Waals surface area contributed by atoms with Gasteiger partial charge >= 0.3 is 17.9 Å². The molecule has 6 heteroatoms. The van der Waals surface area contributed by atoms with Crippen molar-refractivity contribution in [1.29, 1.82) is 0 Å². The summed E-state index contributed by atoms with van der Waals surface area (Å²) in [5, 5.41) is 0. The smallest absolute Gasteiger partial charge is 0.306 e. The summed E-state index contributed by atoms with van der Waals surface area (Å²) in [7, 11) is 0. The lowest BCUT2D eigenvalue weighted by atomic mass is 10.1. The maximum absolute atomic E-state index is 12.7. The highest BCUT2D eigenvalue weighted by atomic mass is 16.6. The van der Waals surface area contributed by atoms with Crippen LogP contribution < -0.4 is 0 Å². The monoisotopic (exact) mass is 799 g/mol. The molecule has 0 aliphatic carbocycles. The van der Waals surface area contributed by atoms with Gasteiger partial charge in [0.25, 0.3) is 0 Å². The third-order valence-electron chi connectivity index (χ3n) is 10.3. The predicted octanol–water partition coefficient (Wildman–Crippen LogP) is 15.5. The Morgan fingerprint density at radius 3 is 1.16 bits per heavy atom. The van der Waals surface area contributed by atoms with Gasteiger partial charge in [0.1, 0.15) is 13.2 Å². The zero-order valence-electron chi connectivity index (χ0n) is 37.6. The van der Waals surface area contributed by atoms with Crippen molar-refractivity contribution in [2.24, 2.45) is 0 Å². The molecule has 0 aliphatic heterocycles. The Bertz CT molecular complexity index is 1010. The van der Waals surface area contributed by atoms with Crippen LogP contribution in [0.25, 0.3) is 0 Å². The number of hydrogen-bond donors (Lipinski definition) is 0. The zero-order valence-corrected chi connectivity index (χ0v) is 37.6.